The number of aryl methyl sites for hydroxylation is 3. The number of aromatic nitrogens is 2. The van der Waals surface area contributed by atoms with Crippen molar-refractivity contribution in [3.63, 3.8) is 0 Å². The van der Waals surface area contributed by atoms with Gasteiger partial charge in [-0.3, -0.25) is 19.6 Å². The molecule has 3 atom stereocenters. The highest BCUT2D eigenvalue weighted by atomic mass is 16.3. The maximum atomic E-state index is 14.0. The lowest BCUT2D eigenvalue weighted by Crippen LogP contribution is -2.75. The first-order chi connectivity index (χ1) is 19.9. The third-order valence-corrected chi connectivity index (χ3v) is 10.1. The van der Waals surface area contributed by atoms with Crippen molar-refractivity contribution < 1.29 is 14.7 Å². The molecule has 1 saturated carbocycles. The van der Waals surface area contributed by atoms with Crippen LogP contribution in [0.1, 0.15) is 99.7 Å². The molecular weight excluding hydrogens is 514 g/mol. The molecule has 2 aliphatic heterocycles. The molecule has 0 radical (unpaired) electrons. The summed E-state index contributed by atoms with van der Waals surface area (Å²) >= 11 is 0. The van der Waals surface area contributed by atoms with Gasteiger partial charge >= 0.3 is 0 Å². The van der Waals surface area contributed by atoms with E-state index in [9.17, 15) is 14.7 Å². The molecule has 8 nitrogen and oxygen atoms in total. The second kappa shape index (κ2) is 13.1. The third kappa shape index (κ3) is 6.09. The van der Waals surface area contributed by atoms with Gasteiger partial charge in [-0.2, -0.15) is 5.10 Å². The van der Waals surface area contributed by atoms with E-state index in [4.69, 9.17) is 0 Å². The lowest BCUT2D eigenvalue weighted by atomic mass is 9.77. The molecule has 8 heteroatoms. The minimum Gasteiger partial charge on any atom is -0.390 e. The molecule has 1 aromatic carbocycles. The van der Waals surface area contributed by atoms with E-state index in [0.717, 1.165) is 75.8 Å². The molecule has 3 heterocycles. The highest BCUT2D eigenvalue weighted by molar-refractivity contribution is 6.00. The van der Waals surface area contributed by atoms with E-state index in [1.165, 1.54) is 17.5 Å². The van der Waals surface area contributed by atoms with E-state index < -0.39 is 17.7 Å². The second-order valence-electron chi connectivity index (χ2n) is 12.6. The van der Waals surface area contributed by atoms with Gasteiger partial charge in [0.25, 0.3) is 0 Å². The van der Waals surface area contributed by atoms with Crippen molar-refractivity contribution in [2.45, 2.75) is 115 Å². The smallest absolute Gasteiger partial charge is 0.248 e. The first-order valence-electron chi connectivity index (χ1n) is 16.0. The Bertz CT molecular complexity index is 1150. The van der Waals surface area contributed by atoms with Crippen molar-refractivity contribution in [1.82, 2.24) is 25.3 Å². The number of benzene rings is 1. The number of aliphatic hydroxyl groups is 1. The van der Waals surface area contributed by atoms with Gasteiger partial charge < -0.3 is 15.3 Å². The van der Waals surface area contributed by atoms with E-state index in [1.807, 2.05) is 4.90 Å². The maximum Gasteiger partial charge on any atom is 0.248 e. The summed E-state index contributed by atoms with van der Waals surface area (Å²) in [5, 5.41) is 22.0. The normalized spacial score (nSPS) is 23.5. The zero-order valence-corrected chi connectivity index (χ0v) is 25.2. The Hall–Kier alpha value is -2.71. The van der Waals surface area contributed by atoms with Crippen molar-refractivity contribution in [3.8, 4) is 0 Å². The van der Waals surface area contributed by atoms with Crippen molar-refractivity contribution >= 4 is 11.8 Å². The number of piperazine rings is 1. The minimum absolute atomic E-state index is 0.0775. The summed E-state index contributed by atoms with van der Waals surface area (Å²) in [5.74, 6) is -0.0929. The minimum atomic E-state index is -0.851. The number of aromatic amines is 1. The largest absolute Gasteiger partial charge is 0.390 e. The number of nitrogens with zero attached hydrogens (tertiary/aromatic N) is 3. The van der Waals surface area contributed by atoms with E-state index in [2.05, 4.69) is 71.5 Å². The molecule has 224 valence electrons. The van der Waals surface area contributed by atoms with Gasteiger partial charge in [0.2, 0.25) is 11.8 Å². The van der Waals surface area contributed by atoms with Gasteiger partial charge in [0.15, 0.2) is 0 Å². The number of carbonyl (C=O) groups is 2. The van der Waals surface area contributed by atoms with Gasteiger partial charge in [-0.15, -0.1) is 0 Å². The average molecular weight is 564 g/mol. The average Bonchev–Trinajstić information content (AvgIpc) is 3.34. The molecule has 41 heavy (non-hydrogen) atoms. The third-order valence-electron chi connectivity index (χ3n) is 10.1. The first-order valence-corrected chi connectivity index (χ1v) is 16.0. The fourth-order valence-electron chi connectivity index (χ4n) is 7.67. The molecule has 1 aromatic heterocycles. The van der Waals surface area contributed by atoms with Crippen LogP contribution in [-0.4, -0.2) is 74.2 Å². The highest BCUT2D eigenvalue weighted by Gasteiger charge is 2.55. The van der Waals surface area contributed by atoms with Gasteiger partial charge in [0, 0.05) is 36.9 Å². The number of likely N-dealkylation sites (tertiary alicyclic amines) is 1. The lowest BCUT2D eigenvalue weighted by Gasteiger charge is -2.53. The standard InChI is InChI=1S/C33H49N5O3/c1-4-5-20-38-31(40)29(30(39)26-14-10-7-11-15-26)34-32(41)33(38)18-21-37(22-19-33)27(28-23(2)35-36-24(28)3)17-16-25-12-8-6-9-13-25/h6,8-9,12-13,26-27,29-30,39H,4-5,7,10-11,14-22H2,1-3H3,(H,34,41)(H,35,36)/t27?,29-,30-/m1/s1. The van der Waals surface area contributed by atoms with Crippen LogP contribution in [0.4, 0.5) is 0 Å². The SMILES string of the molecule is CCCCN1C(=O)[C@@H]([C@H](O)C2CCCCC2)NC(=O)C12CCN(C(CCc1ccccc1)c1c(C)n[nH]c1C)CC2. The number of amides is 2. The molecule has 2 aromatic rings. The van der Waals surface area contributed by atoms with E-state index >= 15 is 0 Å². The van der Waals surface area contributed by atoms with Gasteiger partial charge in [0.05, 0.1) is 11.8 Å². The predicted octanol–water partition coefficient (Wildman–Crippen LogP) is 4.60. The topological polar surface area (TPSA) is 102 Å². The Morgan fingerprint density at radius 2 is 1.78 bits per heavy atom. The van der Waals surface area contributed by atoms with Gasteiger partial charge in [0.1, 0.15) is 11.6 Å². The van der Waals surface area contributed by atoms with Crippen LogP contribution in [0, 0.1) is 19.8 Å². The number of H-pyrrole nitrogens is 1. The summed E-state index contributed by atoms with van der Waals surface area (Å²) in [7, 11) is 0. The van der Waals surface area contributed by atoms with E-state index in [-0.39, 0.29) is 23.8 Å². The predicted molar refractivity (Wildman–Crippen MR) is 160 cm³/mol. The summed E-state index contributed by atoms with van der Waals surface area (Å²) < 4.78 is 0. The number of aliphatic hydroxyl groups excluding tert-OH is 1. The zero-order valence-electron chi connectivity index (χ0n) is 25.2. The van der Waals surface area contributed by atoms with Crippen LogP contribution in [0.15, 0.2) is 30.3 Å². The molecule has 3 aliphatic rings. The number of rotatable bonds is 10. The Morgan fingerprint density at radius 3 is 2.41 bits per heavy atom. The maximum absolute atomic E-state index is 14.0. The molecule has 1 aliphatic carbocycles. The fourth-order valence-corrected chi connectivity index (χ4v) is 7.67. The number of piperidine rings is 1. The molecular formula is C33H49N5O3. The van der Waals surface area contributed by atoms with Crippen LogP contribution >= 0.6 is 0 Å². The lowest BCUT2D eigenvalue weighted by molar-refractivity contribution is -0.166. The van der Waals surface area contributed by atoms with Gasteiger partial charge in [-0.25, -0.2) is 0 Å². The zero-order chi connectivity index (χ0) is 29.0. The van der Waals surface area contributed by atoms with Crippen molar-refractivity contribution in [3.05, 3.63) is 52.8 Å². The summed E-state index contributed by atoms with van der Waals surface area (Å²) in [6.07, 6.45) is 9.28. The Morgan fingerprint density at radius 1 is 1.07 bits per heavy atom. The molecule has 3 fully saturated rings. The summed E-state index contributed by atoms with van der Waals surface area (Å²) in [5.41, 5.74) is 3.83. The van der Waals surface area contributed by atoms with Crippen LogP contribution in [-0.2, 0) is 16.0 Å². The highest BCUT2D eigenvalue weighted by Crippen LogP contribution is 2.40. The Kier molecular flexibility index (Phi) is 9.49. The van der Waals surface area contributed by atoms with Crippen LogP contribution in [0.5, 0.6) is 0 Å². The summed E-state index contributed by atoms with van der Waals surface area (Å²) in [6.45, 7) is 8.29. The van der Waals surface area contributed by atoms with Crippen molar-refractivity contribution in [1.29, 1.82) is 0 Å². The van der Waals surface area contributed by atoms with Gasteiger partial charge in [-0.05, 0) is 70.3 Å². The van der Waals surface area contributed by atoms with Gasteiger partial charge in [-0.1, -0.05) is 62.9 Å². The first kappa shape index (κ1) is 29.8. The van der Waals surface area contributed by atoms with E-state index in [1.54, 1.807) is 0 Å². The quantitative estimate of drug-likeness (QED) is 0.392. The Labute approximate surface area is 245 Å². The van der Waals surface area contributed by atoms with Crippen molar-refractivity contribution in [2.75, 3.05) is 19.6 Å². The van der Waals surface area contributed by atoms with Crippen LogP contribution in [0.3, 0.4) is 0 Å². The molecule has 2 saturated heterocycles. The van der Waals surface area contributed by atoms with Crippen LogP contribution < -0.4 is 5.32 Å². The fraction of sp³-hybridized carbons (Fsp3) is 0.667. The van der Waals surface area contributed by atoms with Crippen molar-refractivity contribution in [2.24, 2.45) is 5.92 Å². The van der Waals surface area contributed by atoms with Crippen LogP contribution in [0.2, 0.25) is 0 Å². The number of unbranched alkanes of at least 4 members (excludes halogenated alkanes) is 1. The summed E-state index contributed by atoms with van der Waals surface area (Å²) in [6, 6.07) is 9.93. The Balaban J connectivity index is 1.35. The second-order valence-corrected chi connectivity index (χ2v) is 12.6. The number of hydrogen-bond donors (Lipinski definition) is 3. The molecule has 1 spiro atoms. The molecule has 2 amide bonds. The monoisotopic (exact) mass is 563 g/mol. The van der Waals surface area contributed by atoms with E-state index in [0.29, 0.717) is 19.4 Å². The molecule has 0 bridgehead atoms. The summed E-state index contributed by atoms with van der Waals surface area (Å²) in [4.78, 5) is 32.3. The molecule has 5 rings (SSSR count). The number of nitrogens with one attached hydrogen (secondary N) is 2. The number of hydrogen-bond acceptors (Lipinski definition) is 5. The number of carbonyl (C=O) groups excluding carboxylic acids is 2. The van der Waals surface area contributed by atoms with Crippen LogP contribution in [0.25, 0.3) is 0 Å². The molecule has 3 N–H and O–H groups in total. The molecule has 1 unspecified atom stereocenters.